The number of hydrogen-bond acceptors (Lipinski definition) is 6. The monoisotopic (exact) mass is 460 g/mol. The van der Waals surface area contributed by atoms with E-state index in [2.05, 4.69) is 26.8 Å². The van der Waals surface area contributed by atoms with Gasteiger partial charge in [0, 0.05) is 35.6 Å². The summed E-state index contributed by atoms with van der Waals surface area (Å²) in [5, 5.41) is 3.39. The van der Waals surface area contributed by atoms with Crippen LogP contribution in [-0.2, 0) is 23.0 Å². The molecule has 1 aliphatic rings. The van der Waals surface area contributed by atoms with Gasteiger partial charge in [-0.15, -0.1) is 11.3 Å². The Morgan fingerprint density at radius 2 is 1.87 bits per heavy atom. The lowest BCUT2D eigenvalue weighted by Crippen LogP contribution is -2.29. The number of rotatable bonds is 6. The smallest absolute Gasteiger partial charge is 0.261 e. The third kappa shape index (κ3) is 4.92. The van der Waals surface area contributed by atoms with Crippen LogP contribution in [0.4, 0.5) is 15.2 Å². The Balaban J connectivity index is 1.42. The summed E-state index contributed by atoms with van der Waals surface area (Å²) in [4.78, 5) is 20.6. The number of carbonyl (C=O) groups is 1. The highest BCUT2D eigenvalue weighted by molar-refractivity contribution is 7.92. The van der Waals surface area contributed by atoms with E-state index in [0.29, 0.717) is 16.4 Å². The molecule has 2 heterocycles. The molecule has 1 amide bonds. The number of hydrogen-bond donors (Lipinski definition) is 2. The van der Waals surface area contributed by atoms with Crippen molar-refractivity contribution in [3.63, 3.8) is 0 Å². The molecule has 0 bridgehead atoms. The van der Waals surface area contributed by atoms with Crippen molar-refractivity contribution in [3.8, 4) is 0 Å². The lowest BCUT2D eigenvalue weighted by atomic mass is 10.2. The SMILES string of the molecule is CCN1CCc2nc(NC(=O)c3ccc(NS(=O)(=O)c4ccc(F)cc4)cc3)sc2C1. The highest BCUT2D eigenvalue weighted by Crippen LogP contribution is 2.28. The third-order valence-electron chi connectivity index (χ3n) is 5.00. The minimum atomic E-state index is -3.85. The summed E-state index contributed by atoms with van der Waals surface area (Å²) in [5.41, 5.74) is 1.72. The molecule has 1 aromatic heterocycles. The largest absolute Gasteiger partial charge is 0.298 e. The first-order valence-corrected chi connectivity index (χ1v) is 12.0. The number of nitrogens with zero attached hydrogens (tertiary/aromatic N) is 2. The van der Waals surface area contributed by atoms with Crippen molar-refractivity contribution in [2.75, 3.05) is 23.1 Å². The molecule has 2 aromatic carbocycles. The summed E-state index contributed by atoms with van der Waals surface area (Å²) in [6.45, 7) is 4.92. The highest BCUT2D eigenvalue weighted by Gasteiger charge is 2.21. The number of aromatic nitrogens is 1. The molecular formula is C21H21FN4O3S2. The quantitative estimate of drug-likeness (QED) is 0.585. The van der Waals surface area contributed by atoms with Crippen LogP contribution < -0.4 is 10.0 Å². The van der Waals surface area contributed by atoms with Crippen LogP contribution in [0.1, 0.15) is 27.9 Å². The molecule has 0 radical (unpaired) electrons. The van der Waals surface area contributed by atoms with Gasteiger partial charge in [-0.2, -0.15) is 0 Å². The number of sulfonamides is 1. The molecule has 0 aliphatic carbocycles. The maximum atomic E-state index is 13.0. The molecule has 4 rings (SSSR count). The van der Waals surface area contributed by atoms with E-state index in [1.807, 2.05) is 0 Å². The van der Waals surface area contributed by atoms with Gasteiger partial charge >= 0.3 is 0 Å². The number of nitrogens with one attached hydrogen (secondary N) is 2. The molecule has 0 saturated carbocycles. The third-order valence-corrected chi connectivity index (χ3v) is 7.40. The van der Waals surface area contributed by atoms with Crippen molar-refractivity contribution < 1.29 is 17.6 Å². The van der Waals surface area contributed by atoms with Crippen molar-refractivity contribution in [3.05, 3.63) is 70.5 Å². The zero-order valence-electron chi connectivity index (χ0n) is 16.8. The lowest BCUT2D eigenvalue weighted by Gasteiger charge is -2.23. The van der Waals surface area contributed by atoms with Gasteiger partial charge in [-0.25, -0.2) is 17.8 Å². The Bertz CT molecular complexity index is 1190. The number of thiazole rings is 1. The first kappa shape index (κ1) is 21.4. The van der Waals surface area contributed by atoms with E-state index < -0.39 is 15.8 Å². The molecule has 31 heavy (non-hydrogen) atoms. The van der Waals surface area contributed by atoms with Gasteiger partial charge in [0.05, 0.1) is 10.6 Å². The molecule has 0 unspecified atom stereocenters. The molecule has 7 nitrogen and oxygen atoms in total. The first-order valence-electron chi connectivity index (χ1n) is 9.75. The van der Waals surface area contributed by atoms with Gasteiger partial charge in [0.25, 0.3) is 15.9 Å². The number of anilines is 2. The molecular weight excluding hydrogens is 439 g/mol. The minimum Gasteiger partial charge on any atom is -0.298 e. The van der Waals surface area contributed by atoms with Gasteiger partial charge in [0.15, 0.2) is 5.13 Å². The number of benzene rings is 2. The zero-order chi connectivity index (χ0) is 22.0. The van der Waals surface area contributed by atoms with Crippen molar-refractivity contribution in [2.45, 2.75) is 24.8 Å². The van der Waals surface area contributed by atoms with E-state index in [4.69, 9.17) is 0 Å². The van der Waals surface area contributed by atoms with Crippen molar-refractivity contribution in [2.24, 2.45) is 0 Å². The second-order valence-corrected chi connectivity index (χ2v) is 9.86. The van der Waals surface area contributed by atoms with Gasteiger partial charge < -0.3 is 0 Å². The van der Waals surface area contributed by atoms with E-state index in [0.717, 1.165) is 43.9 Å². The van der Waals surface area contributed by atoms with Crippen molar-refractivity contribution in [1.82, 2.24) is 9.88 Å². The maximum absolute atomic E-state index is 13.0. The van der Waals surface area contributed by atoms with E-state index in [9.17, 15) is 17.6 Å². The van der Waals surface area contributed by atoms with Crippen LogP contribution in [0.5, 0.6) is 0 Å². The van der Waals surface area contributed by atoms with E-state index in [1.54, 1.807) is 0 Å². The summed E-state index contributed by atoms with van der Waals surface area (Å²) < 4.78 is 40.2. The van der Waals surface area contributed by atoms with Crippen LogP contribution >= 0.6 is 11.3 Å². The second-order valence-electron chi connectivity index (χ2n) is 7.10. The molecule has 0 saturated heterocycles. The molecule has 10 heteroatoms. The minimum absolute atomic E-state index is 0.0508. The Morgan fingerprint density at radius 1 is 1.16 bits per heavy atom. The van der Waals surface area contributed by atoms with Crippen molar-refractivity contribution >= 4 is 38.1 Å². The fraction of sp³-hybridized carbons (Fsp3) is 0.238. The van der Waals surface area contributed by atoms with Crippen LogP contribution in [0, 0.1) is 5.82 Å². The van der Waals surface area contributed by atoms with Crippen LogP contribution in [0.3, 0.4) is 0 Å². The van der Waals surface area contributed by atoms with Gasteiger partial charge in [0.2, 0.25) is 0 Å². The first-order chi connectivity index (χ1) is 14.8. The molecule has 3 aromatic rings. The van der Waals surface area contributed by atoms with Gasteiger partial charge in [0.1, 0.15) is 5.82 Å². The van der Waals surface area contributed by atoms with Crippen LogP contribution in [-0.4, -0.2) is 37.3 Å². The fourth-order valence-corrected chi connectivity index (χ4v) is 5.36. The van der Waals surface area contributed by atoms with Crippen LogP contribution in [0.25, 0.3) is 0 Å². The standard InChI is InChI=1S/C21H21FN4O3S2/c1-2-26-12-11-18-19(13-26)30-21(23-18)24-20(27)14-3-7-16(8-4-14)25-31(28,29)17-9-5-15(22)6-10-17/h3-10,25H,2,11-13H2,1H3,(H,23,24,27). The van der Waals surface area contributed by atoms with Gasteiger partial charge in [-0.3, -0.25) is 19.7 Å². The van der Waals surface area contributed by atoms with Crippen LogP contribution in [0.15, 0.2) is 53.4 Å². The maximum Gasteiger partial charge on any atom is 0.261 e. The van der Waals surface area contributed by atoms with Crippen molar-refractivity contribution in [1.29, 1.82) is 0 Å². The van der Waals surface area contributed by atoms with E-state index in [-0.39, 0.29) is 10.8 Å². The fourth-order valence-electron chi connectivity index (χ4n) is 3.26. The molecule has 2 N–H and O–H groups in total. The zero-order valence-corrected chi connectivity index (χ0v) is 18.4. The number of amides is 1. The van der Waals surface area contributed by atoms with E-state index in [1.165, 1.54) is 52.6 Å². The molecule has 1 aliphatic heterocycles. The molecule has 162 valence electrons. The van der Waals surface area contributed by atoms with Crippen LogP contribution in [0.2, 0.25) is 0 Å². The molecule has 0 fully saturated rings. The number of fused-ring (bicyclic) bond motifs is 1. The summed E-state index contributed by atoms with van der Waals surface area (Å²) in [6, 6.07) is 10.6. The lowest BCUT2D eigenvalue weighted by molar-refractivity contribution is 0.102. The molecule has 0 spiro atoms. The summed E-state index contributed by atoms with van der Waals surface area (Å²) in [7, 11) is -3.85. The Hall–Kier alpha value is -2.82. The summed E-state index contributed by atoms with van der Waals surface area (Å²) in [6.07, 6.45) is 0.873. The highest BCUT2D eigenvalue weighted by atomic mass is 32.2. The summed E-state index contributed by atoms with van der Waals surface area (Å²) in [5.74, 6) is -0.829. The average Bonchev–Trinajstić information content (AvgIpc) is 3.15. The predicted molar refractivity (Wildman–Crippen MR) is 118 cm³/mol. The topological polar surface area (TPSA) is 91.4 Å². The van der Waals surface area contributed by atoms with Gasteiger partial charge in [-0.05, 0) is 55.1 Å². The number of carbonyl (C=O) groups excluding carboxylic acids is 1. The Kier molecular flexibility index (Phi) is 6.03. The second kappa shape index (κ2) is 8.74. The van der Waals surface area contributed by atoms with Gasteiger partial charge in [-0.1, -0.05) is 6.92 Å². The van der Waals surface area contributed by atoms with E-state index >= 15 is 0 Å². The Morgan fingerprint density at radius 3 is 2.55 bits per heavy atom. The summed E-state index contributed by atoms with van der Waals surface area (Å²) >= 11 is 1.48. The average molecular weight is 461 g/mol. The Labute approximate surface area is 184 Å². The number of likely N-dealkylation sites (N-methyl/N-ethyl adjacent to an activating group) is 1. The molecule has 0 atom stereocenters. The predicted octanol–water partition coefficient (Wildman–Crippen LogP) is 3.71. The normalized spacial score (nSPS) is 14.1. The number of halogens is 1.